The van der Waals surface area contributed by atoms with Crippen molar-refractivity contribution >= 4 is 35.1 Å². The van der Waals surface area contributed by atoms with Crippen LogP contribution in [0.2, 0.25) is 0 Å². The van der Waals surface area contributed by atoms with Crippen LogP contribution in [0.4, 0.5) is 0 Å². The number of alkyl halides is 2. The Morgan fingerprint density at radius 2 is 1.91 bits per heavy atom. The van der Waals surface area contributed by atoms with E-state index < -0.39 is 46.8 Å². The van der Waals surface area contributed by atoms with Crippen LogP contribution in [0.25, 0.3) is 0 Å². The topological polar surface area (TPSA) is 106 Å². The predicted octanol–water partition coefficient (Wildman–Crippen LogP) is 1.10. The third kappa shape index (κ3) is 7.86. The Hall–Kier alpha value is -1.42. The predicted molar refractivity (Wildman–Crippen MR) is 122 cm³/mol. The summed E-state index contributed by atoms with van der Waals surface area (Å²) in [5.41, 5.74) is 0.864. The summed E-state index contributed by atoms with van der Waals surface area (Å²) in [4.78, 5) is 25.1. The molecule has 0 aliphatic heterocycles. The van der Waals surface area contributed by atoms with Crippen LogP contribution < -0.4 is 10.6 Å². The van der Waals surface area contributed by atoms with E-state index in [2.05, 4.69) is 10.6 Å². The Balaban J connectivity index is 1.94. The molecule has 1 saturated carbocycles. The van der Waals surface area contributed by atoms with E-state index in [9.17, 15) is 14.7 Å². The van der Waals surface area contributed by atoms with Crippen molar-refractivity contribution in [3.8, 4) is 0 Å². The lowest BCUT2D eigenvalue weighted by molar-refractivity contribution is -0.147. The van der Waals surface area contributed by atoms with Crippen molar-refractivity contribution in [3.63, 3.8) is 0 Å². The number of esters is 1. The molecule has 1 fully saturated rings. The molecule has 32 heavy (non-hydrogen) atoms. The van der Waals surface area contributed by atoms with Gasteiger partial charge in [0.1, 0.15) is 6.04 Å². The second kappa shape index (κ2) is 14.0. The summed E-state index contributed by atoms with van der Waals surface area (Å²) in [5.74, 6) is -1.96. The molecule has 180 valence electrons. The van der Waals surface area contributed by atoms with E-state index in [-0.39, 0.29) is 19.4 Å². The van der Waals surface area contributed by atoms with Crippen LogP contribution >= 0.6 is 23.2 Å². The first-order valence-corrected chi connectivity index (χ1v) is 11.5. The van der Waals surface area contributed by atoms with Crippen molar-refractivity contribution in [2.45, 2.75) is 41.8 Å². The molecule has 8 nitrogen and oxygen atoms in total. The number of amides is 1. The van der Waals surface area contributed by atoms with Gasteiger partial charge in [0.15, 0.2) is 0 Å². The van der Waals surface area contributed by atoms with Crippen molar-refractivity contribution in [2.75, 3.05) is 40.5 Å². The Bertz CT molecular complexity index is 711. The third-order valence-corrected chi connectivity index (χ3v) is 6.28. The van der Waals surface area contributed by atoms with Crippen molar-refractivity contribution in [3.05, 3.63) is 35.9 Å². The molecular weight excluding hydrogens is 459 g/mol. The summed E-state index contributed by atoms with van der Waals surface area (Å²) in [6.45, 7) is 1.91. The van der Waals surface area contributed by atoms with Crippen LogP contribution in [0.3, 0.4) is 0 Å². The highest BCUT2D eigenvalue weighted by molar-refractivity contribution is 6.25. The van der Waals surface area contributed by atoms with E-state index in [1.807, 2.05) is 37.4 Å². The number of nitrogens with one attached hydrogen (secondary N) is 2. The number of carbonyl (C=O) groups excluding carboxylic acids is 2. The standard InChI is InChI=1S/C22H32Cl2N2O6/c1-25-8-9-31-10-11-32-20-16(23)13-15(19(27)18(20)24)21(28)26-17(22(29)30-2)12-14-6-4-3-5-7-14/h3-7,15-20,25,27H,8-13H2,1-2H3,(H,26,28)/t15?,16?,17-,18?,19?,20?/m0/s1. The molecule has 1 aliphatic rings. The first-order chi connectivity index (χ1) is 15.4. The van der Waals surface area contributed by atoms with E-state index in [1.165, 1.54) is 7.11 Å². The minimum absolute atomic E-state index is 0.155. The molecule has 2 rings (SSSR count). The highest BCUT2D eigenvalue weighted by Crippen LogP contribution is 2.34. The third-order valence-electron chi connectivity index (χ3n) is 5.34. The van der Waals surface area contributed by atoms with E-state index in [0.717, 1.165) is 12.1 Å². The molecule has 5 unspecified atom stereocenters. The van der Waals surface area contributed by atoms with Crippen LogP contribution in [0.1, 0.15) is 12.0 Å². The van der Waals surface area contributed by atoms with Gasteiger partial charge in [-0.2, -0.15) is 0 Å². The van der Waals surface area contributed by atoms with Gasteiger partial charge in [-0.25, -0.2) is 4.79 Å². The lowest BCUT2D eigenvalue weighted by Gasteiger charge is -2.39. The Morgan fingerprint density at radius 1 is 1.19 bits per heavy atom. The zero-order valence-corrected chi connectivity index (χ0v) is 19.8. The summed E-state index contributed by atoms with van der Waals surface area (Å²) in [5, 5.41) is 14.9. The summed E-state index contributed by atoms with van der Waals surface area (Å²) < 4.78 is 16.0. The van der Waals surface area contributed by atoms with Gasteiger partial charge in [0.2, 0.25) is 5.91 Å². The number of aliphatic hydroxyl groups excluding tert-OH is 1. The van der Waals surface area contributed by atoms with Crippen molar-refractivity contribution in [1.29, 1.82) is 0 Å². The molecule has 1 aromatic carbocycles. The van der Waals surface area contributed by atoms with Crippen LogP contribution in [0.5, 0.6) is 0 Å². The van der Waals surface area contributed by atoms with Gasteiger partial charge in [0.25, 0.3) is 0 Å². The molecule has 0 saturated heterocycles. The zero-order valence-electron chi connectivity index (χ0n) is 18.3. The molecule has 0 bridgehead atoms. The molecule has 1 aliphatic carbocycles. The van der Waals surface area contributed by atoms with Gasteiger partial charge in [-0.05, 0) is 19.0 Å². The Labute approximate surface area is 198 Å². The van der Waals surface area contributed by atoms with Gasteiger partial charge in [-0.3, -0.25) is 4.79 Å². The quantitative estimate of drug-likeness (QED) is 0.229. The molecule has 1 amide bonds. The molecule has 0 spiro atoms. The van der Waals surface area contributed by atoms with Crippen molar-refractivity contribution in [2.24, 2.45) is 5.92 Å². The average molecular weight is 491 g/mol. The van der Waals surface area contributed by atoms with E-state index in [0.29, 0.717) is 13.2 Å². The number of ether oxygens (including phenoxy) is 3. The summed E-state index contributed by atoms with van der Waals surface area (Å²) >= 11 is 12.9. The number of hydrogen-bond acceptors (Lipinski definition) is 7. The molecule has 0 radical (unpaired) electrons. The van der Waals surface area contributed by atoms with Crippen molar-refractivity contribution in [1.82, 2.24) is 10.6 Å². The zero-order chi connectivity index (χ0) is 23.5. The average Bonchev–Trinajstić information content (AvgIpc) is 2.80. The number of rotatable bonds is 12. The fraction of sp³-hybridized carbons (Fsp3) is 0.636. The maximum absolute atomic E-state index is 12.9. The molecule has 0 aromatic heterocycles. The monoisotopic (exact) mass is 490 g/mol. The number of benzene rings is 1. The first kappa shape index (κ1) is 26.8. The van der Waals surface area contributed by atoms with Gasteiger partial charge in [0.05, 0.1) is 55.8 Å². The largest absolute Gasteiger partial charge is 0.467 e. The summed E-state index contributed by atoms with van der Waals surface area (Å²) in [7, 11) is 3.09. The molecule has 3 N–H and O–H groups in total. The fourth-order valence-electron chi connectivity index (χ4n) is 3.57. The maximum atomic E-state index is 12.9. The van der Waals surface area contributed by atoms with Crippen LogP contribution in [0, 0.1) is 5.92 Å². The van der Waals surface area contributed by atoms with Gasteiger partial charge in [-0.15, -0.1) is 23.2 Å². The number of likely N-dealkylation sites (N-methyl/N-ethyl adjacent to an activating group) is 1. The maximum Gasteiger partial charge on any atom is 0.328 e. The second-order valence-corrected chi connectivity index (χ2v) is 8.68. The number of aliphatic hydroxyl groups is 1. The second-order valence-electron chi connectivity index (χ2n) is 7.62. The van der Waals surface area contributed by atoms with Crippen LogP contribution in [0.15, 0.2) is 30.3 Å². The number of methoxy groups -OCH3 is 1. The van der Waals surface area contributed by atoms with Gasteiger partial charge in [-0.1, -0.05) is 30.3 Å². The normalized spacial score (nSPS) is 26.3. The molecule has 6 atom stereocenters. The Morgan fingerprint density at radius 3 is 2.56 bits per heavy atom. The minimum Gasteiger partial charge on any atom is -0.467 e. The van der Waals surface area contributed by atoms with Gasteiger partial charge >= 0.3 is 5.97 Å². The van der Waals surface area contributed by atoms with Gasteiger partial charge in [0, 0.05) is 13.0 Å². The van der Waals surface area contributed by atoms with E-state index in [1.54, 1.807) is 0 Å². The number of halogens is 2. The van der Waals surface area contributed by atoms with Gasteiger partial charge < -0.3 is 30.0 Å². The Kier molecular flexibility index (Phi) is 11.7. The lowest BCUT2D eigenvalue weighted by Crippen LogP contribution is -2.56. The van der Waals surface area contributed by atoms with E-state index in [4.69, 9.17) is 37.4 Å². The molecule has 1 aromatic rings. The van der Waals surface area contributed by atoms with Crippen LogP contribution in [-0.2, 0) is 30.2 Å². The highest BCUT2D eigenvalue weighted by Gasteiger charge is 2.46. The summed E-state index contributed by atoms with van der Waals surface area (Å²) in [6.07, 6.45) is -1.40. The van der Waals surface area contributed by atoms with Crippen LogP contribution in [-0.4, -0.2) is 86.5 Å². The van der Waals surface area contributed by atoms with Crippen molar-refractivity contribution < 1.29 is 28.9 Å². The fourth-order valence-corrected chi connectivity index (χ4v) is 4.49. The number of carbonyl (C=O) groups is 2. The number of hydrogen-bond donors (Lipinski definition) is 3. The van der Waals surface area contributed by atoms with E-state index >= 15 is 0 Å². The summed E-state index contributed by atoms with van der Waals surface area (Å²) in [6, 6.07) is 8.36. The first-order valence-electron chi connectivity index (χ1n) is 10.6. The molecule has 0 heterocycles. The SMILES string of the molecule is CNCCOCCOC1C(Cl)CC(C(=O)N[C@@H](Cc2ccccc2)C(=O)OC)C(O)C1Cl. The molecular formula is C22H32Cl2N2O6. The molecule has 10 heteroatoms. The smallest absolute Gasteiger partial charge is 0.328 e. The lowest BCUT2D eigenvalue weighted by atomic mass is 9.83. The highest BCUT2D eigenvalue weighted by atomic mass is 35.5. The minimum atomic E-state index is -1.18.